The average molecular weight is 305 g/mol. The molecule has 0 spiro atoms. The molecule has 0 aliphatic rings. The molecule has 0 N–H and O–H groups in total. The van der Waals surface area contributed by atoms with E-state index in [-0.39, 0.29) is 27.3 Å². The Morgan fingerprint density at radius 2 is 1.75 bits per heavy atom. The summed E-state index contributed by atoms with van der Waals surface area (Å²) in [6, 6.07) is 0. The Bertz CT molecular complexity index is 8.00. The maximum Gasteiger partial charge on any atom is 0 e. The van der Waals surface area contributed by atoms with Crippen LogP contribution in [0.5, 0.6) is 0 Å². The monoisotopic (exact) mass is 305 g/mol. The van der Waals surface area contributed by atoms with Crippen LogP contribution in [0.2, 0.25) is 0 Å². The summed E-state index contributed by atoms with van der Waals surface area (Å²) in [4.78, 5) is 0. The minimum absolute atomic E-state index is 0. The van der Waals surface area contributed by atoms with Crippen molar-refractivity contribution in [2.75, 3.05) is 0 Å². The smallest absolute Gasteiger partial charge is 0 e. The summed E-state index contributed by atoms with van der Waals surface area (Å²) in [6.45, 7) is 0. The second-order valence-electron chi connectivity index (χ2n) is 0.0891. The Balaban J connectivity index is 0. The Morgan fingerprint density at radius 1 is 1.75 bits per heavy atom. The SMILES string of the molecule is PSCl.[Tl]. The standard InChI is InChI=1S/ClH2PS.Tl/c1-3-2;/h2H2;. The fraction of sp³-hybridized carbons (Fsp3) is 0. The van der Waals surface area contributed by atoms with E-state index in [1.807, 2.05) is 0 Å². The zero-order valence-corrected chi connectivity index (χ0v) is 9.16. The number of hydrogen-bond donors (Lipinski definition) is 0. The molecule has 0 nitrogen and oxygen atoms in total. The molecule has 4 heteroatoms. The molecule has 0 fully saturated rings. The summed E-state index contributed by atoms with van der Waals surface area (Å²) in [6.07, 6.45) is 0. The van der Waals surface area contributed by atoms with Gasteiger partial charge in [0.15, 0.2) is 0 Å². The summed E-state index contributed by atoms with van der Waals surface area (Å²) >= 11 is 0. The normalized spacial score (nSPS) is 4.50. The van der Waals surface area contributed by atoms with Crippen LogP contribution in [0.25, 0.3) is 0 Å². The van der Waals surface area contributed by atoms with Crippen molar-refractivity contribution in [1.82, 2.24) is 0 Å². The Morgan fingerprint density at radius 3 is 1.75 bits per heavy atom. The second kappa shape index (κ2) is 8.89. The first-order valence-corrected chi connectivity index (χ1v) is 3.51. The first-order chi connectivity index (χ1) is 1.41. The van der Waals surface area contributed by atoms with Crippen molar-refractivity contribution in [3.63, 3.8) is 0 Å². The van der Waals surface area contributed by atoms with Gasteiger partial charge in [-0.1, -0.05) is 8.44 Å². The molecule has 0 rings (SSSR count). The minimum Gasteiger partial charge on any atom is -0.0588 e. The van der Waals surface area contributed by atoms with Gasteiger partial charge >= 0.3 is 0 Å². The van der Waals surface area contributed by atoms with Crippen LogP contribution in [0.1, 0.15) is 0 Å². The summed E-state index contributed by atoms with van der Waals surface area (Å²) in [5.74, 6) is 0. The van der Waals surface area contributed by atoms with Gasteiger partial charge < -0.3 is 0 Å². The summed E-state index contributed by atoms with van der Waals surface area (Å²) in [5.41, 5.74) is 0. The van der Waals surface area contributed by atoms with Crippen molar-refractivity contribution in [1.29, 1.82) is 0 Å². The molecule has 23 valence electrons. The van der Waals surface area contributed by atoms with Crippen LogP contribution in [-0.2, 0) is 0 Å². The predicted octanol–water partition coefficient (Wildman–Crippen LogP) is 1.28. The summed E-state index contributed by atoms with van der Waals surface area (Å²) in [7, 11) is 8.28. The third-order valence-electron chi connectivity index (χ3n) is 0. The number of rotatable bonds is 0. The quantitative estimate of drug-likeness (QED) is 0.480. The van der Waals surface area contributed by atoms with Gasteiger partial charge in [-0.2, -0.15) is 0 Å². The third-order valence-corrected chi connectivity index (χ3v) is 0. The van der Waals surface area contributed by atoms with Crippen LogP contribution in [0.4, 0.5) is 0 Å². The van der Waals surface area contributed by atoms with Crippen LogP contribution >= 0.6 is 29.7 Å². The van der Waals surface area contributed by atoms with Crippen molar-refractivity contribution in [3.8, 4) is 0 Å². The maximum absolute atomic E-state index is 4.88. The van der Waals surface area contributed by atoms with Crippen LogP contribution in [0.3, 0.4) is 0 Å². The zero-order chi connectivity index (χ0) is 2.71. The number of hydrogen-bond acceptors (Lipinski definition) is 1. The molecule has 1 atom stereocenters. The molecule has 0 heterocycles. The van der Waals surface area contributed by atoms with E-state index in [4.69, 9.17) is 10.7 Å². The van der Waals surface area contributed by atoms with Gasteiger partial charge in [-0.3, -0.25) is 0 Å². The topological polar surface area (TPSA) is 0 Å². The predicted molar refractivity (Wildman–Crippen MR) is 28.9 cm³/mol. The summed E-state index contributed by atoms with van der Waals surface area (Å²) in [5, 5.41) is 0. The van der Waals surface area contributed by atoms with Crippen LogP contribution in [0.15, 0.2) is 0 Å². The van der Waals surface area contributed by atoms with Gasteiger partial charge in [0.05, 0.1) is 0 Å². The van der Waals surface area contributed by atoms with Crippen molar-refractivity contribution in [2.45, 2.75) is 0 Å². The molecule has 0 bridgehead atoms. The first-order valence-electron chi connectivity index (χ1n) is 0.390. The zero-order valence-electron chi connectivity index (χ0n) is 1.94. The van der Waals surface area contributed by atoms with E-state index >= 15 is 0 Å². The summed E-state index contributed by atoms with van der Waals surface area (Å²) < 4.78 is 0. The Hall–Kier alpha value is 1.99. The molecule has 1 unspecified atom stereocenters. The molecule has 0 saturated carbocycles. The van der Waals surface area contributed by atoms with Gasteiger partial charge in [0.2, 0.25) is 0 Å². The molecule has 0 aromatic rings. The van der Waals surface area contributed by atoms with Crippen LogP contribution < -0.4 is 0 Å². The van der Waals surface area contributed by atoms with E-state index < -0.39 is 0 Å². The van der Waals surface area contributed by atoms with E-state index in [9.17, 15) is 0 Å². The molecule has 0 aromatic heterocycles. The Kier molecular flexibility index (Phi) is 20.8. The van der Waals surface area contributed by atoms with Crippen molar-refractivity contribution < 1.29 is 0 Å². The molecular weight excluding hydrogens is 303 g/mol. The van der Waals surface area contributed by atoms with E-state index in [1.165, 1.54) is 0 Å². The molecule has 0 amide bonds. The van der Waals surface area contributed by atoms with E-state index in [2.05, 4.69) is 8.44 Å². The van der Waals surface area contributed by atoms with Gasteiger partial charge in [0, 0.05) is 27.3 Å². The van der Waals surface area contributed by atoms with E-state index in [0.29, 0.717) is 0 Å². The molecule has 0 aliphatic carbocycles. The van der Waals surface area contributed by atoms with E-state index in [0.717, 1.165) is 10.6 Å². The molecular formula is H2ClPSTl. The first kappa shape index (κ1) is 9.37. The van der Waals surface area contributed by atoms with Gasteiger partial charge in [-0.25, -0.2) is 0 Å². The fourth-order valence-corrected chi connectivity index (χ4v) is 0. The third kappa shape index (κ3) is 9.01. The Labute approximate surface area is 56.7 Å². The largest absolute Gasteiger partial charge is 0.0588 e. The van der Waals surface area contributed by atoms with Gasteiger partial charge in [0.25, 0.3) is 0 Å². The average Bonchev–Trinajstić information content (AvgIpc) is 0.918. The fourth-order valence-electron chi connectivity index (χ4n) is 0. The number of halogens is 1. The molecule has 1 radical (unpaired) electrons. The van der Waals surface area contributed by atoms with Crippen molar-refractivity contribution in [2.24, 2.45) is 0 Å². The maximum atomic E-state index is 4.88. The molecule has 4 heavy (non-hydrogen) atoms. The van der Waals surface area contributed by atoms with Gasteiger partial charge in [-0.05, 0) is 21.3 Å². The van der Waals surface area contributed by atoms with Gasteiger partial charge in [0.1, 0.15) is 0 Å². The molecule has 0 aromatic carbocycles. The van der Waals surface area contributed by atoms with Gasteiger partial charge in [-0.15, -0.1) is 0 Å². The molecule has 0 saturated heterocycles. The van der Waals surface area contributed by atoms with E-state index in [1.54, 1.807) is 0 Å². The minimum atomic E-state index is 0. The van der Waals surface area contributed by atoms with Crippen molar-refractivity contribution >= 4 is 57.0 Å². The second-order valence-corrected chi connectivity index (χ2v) is 2.41. The van der Waals surface area contributed by atoms with Crippen LogP contribution in [-0.4, -0.2) is 27.3 Å². The molecule has 0 aliphatic heterocycles. The van der Waals surface area contributed by atoms with Crippen LogP contribution in [0, 0.1) is 0 Å². The van der Waals surface area contributed by atoms with Crippen molar-refractivity contribution in [3.05, 3.63) is 0 Å².